The van der Waals surface area contributed by atoms with Gasteiger partial charge in [0.05, 0.1) is 0 Å². The molecule has 0 atom stereocenters. The molecule has 0 saturated carbocycles. The molecule has 3 aromatic carbocycles. The third kappa shape index (κ3) is 3.16. The Balaban J connectivity index is 0.000000845. The molecule has 0 radical (unpaired) electrons. The Morgan fingerprint density at radius 3 is 1.29 bits per heavy atom. The molecule has 2 aromatic heterocycles. The Morgan fingerprint density at radius 1 is 0.500 bits per heavy atom. The number of aromatic nitrogens is 2. The molecule has 106 valence electrons. The van der Waals surface area contributed by atoms with Crippen LogP contribution in [0.3, 0.4) is 0 Å². The predicted molar refractivity (Wildman–Crippen MR) is 92.6 cm³/mol. The fourth-order valence-electron chi connectivity index (χ4n) is 3.38. The van der Waals surface area contributed by atoms with Crippen LogP contribution in [-0.4, -0.2) is 0 Å². The SMILES string of the molecule is Cc1ccc2c(c1)[n-]c1cc3c(cc12)[n-]c1cc(C)ccc13.[Rb+].[Rb+]. The molecular weight excluding hydrogens is 439 g/mol. The van der Waals surface area contributed by atoms with Crippen LogP contribution in [0, 0.1) is 13.8 Å². The average Bonchev–Trinajstić information content (AvgIpc) is 3.00. The van der Waals surface area contributed by atoms with Gasteiger partial charge in [0, 0.05) is 0 Å². The summed E-state index contributed by atoms with van der Waals surface area (Å²) < 4.78 is 0. The van der Waals surface area contributed by atoms with Gasteiger partial charge in [-0.05, 0) is 35.4 Å². The monoisotopic (exact) mass is 452 g/mol. The number of hydrogen-bond acceptors (Lipinski definition) is 0. The maximum Gasteiger partial charge on any atom is 1.00 e. The fraction of sp³-hybridized carbons (Fsp3) is 0.100. The van der Waals surface area contributed by atoms with Crippen LogP contribution in [0.25, 0.3) is 43.6 Å². The van der Waals surface area contributed by atoms with E-state index in [1.165, 1.54) is 32.7 Å². The first-order valence-electron chi connectivity index (χ1n) is 7.53. The summed E-state index contributed by atoms with van der Waals surface area (Å²) in [5.41, 5.74) is 6.75. The van der Waals surface area contributed by atoms with Crippen LogP contribution in [-0.2, 0) is 0 Å². The molecular formula is C20H14N2Rb2. The van der Waals surface area contributed by atoms with Gasteiger partial charge in [-0.3, -0.25) is 0 Å². The van der Waals surface area contributed by atoms with Gasteiger partial charge in [0.1, 0.15) is 0 Å². The standard InChI is InChI=1S/C20H14N2.2Rb/c1-11-3-5-13-15-9-20-16(10-19(15)21-17(13)7-11)14-6-4-12(2)8-18(14)22-20;;/h3-10H,1-2H3;;/q-2;2*+1. The molecule has 0 fully saturated rings. The number of nitrogens with zero attached hydrogens (tertiary/aromatic N) is 2. The normalized spacial score (nSPS) is 11.1. The van der Waals surface area contributed by atoms with Gasteiger partial charge in [0.25, 0.3) is 0 Å². The van der Waals surface area contributed by atoms with Crippen molar-refractivity contribution in [2.45, 2.75) is 13.8 Å². The molecule has 5 aromatic rings. The minimum atomic E-state index is 0. The summed E-state index contributed by atoms with van der Waals surface area (Å²) in [7, 11) is 0. The van der Waals surface area contributed by atoms with Crippen molar-refractivity contribution in [2.24, 2.45) is 0 Å². The topological polar surface area (TPSA) is 28.2 Å². The third-order valence-corrected chi connectivity index (χ3v) is 4.48. The Kier molecular flexibility index (Phi) is 6.11. The summed E-state index contributed by atoms with van der Waals surface area (Å²) >= 11 is 0. The van der Waals surface area contributed by atoms with Crippen LogP contribution in [0.5, 0.6) is 0 Å². The molecule has 24 heavy (non-hydrogen) atoms. The van der Waals surface area contributed by atoms with Gasteiger partial charge in [-0.15, -0.1) is 22.1 Å². The maximum atomic E-state index is 4.80. The van der Waals surface area contributed by atoms with E-state index in [4.69, 9.17) is 9.97 Å². The van der Waals surface area contributed by atoms with E-state index in [-0.39, 0.29) is 116 Å². The summed E-state index contributed by atoms with van der Waals surface area (Å²) in [5.74, 6) is 0. The van der Waals surface area contributed by atoms with Crippen LogP contribution in [0.4, 0.5) is 0 Å². The Labute approximate surface area is 238 Å². The molecule has 0 saturated heterocycles. The average molecular weight is 453 g/mol. The van der Waals surface area contributed by atoms with Crippen LogP contribution in [0.2, 0.25) is 0 Å². The van der Waals surface area contributed by atoms with Crippen LogP contribution in [0.1, 0.15) is 11.1 Å². The first-order valence-corrected chi connectivity index (χ1v) is 7.53. The molecule has 2 heterocycles. The zero-order valence-corrected chi connectivity index (χ0v) is 24.3. The summed E-state index contributed by atoms with van der Waals surface area (Å²) in [6.45, 7) is 4.21. The second-order valence-electron chi connectivity index (χ2n) is 6.15. The largest absolute Gasteiger partial charge is 1.00 e. The van der Waals surface area contributed by atoms with Gasteiger partial charge in [0.2, 0.25) is 0 Å². The molecule has 0 aliphatic carbocycles. The number of benzene rings is 3. The van der Waals surface area contributed by atoms with Crippen molar-refractivity contribution in [1.29, 1.82) is 0 Å². The van der Waals surface area contributed by atoms with Crippen molar-refractivity contribution in [3.8, 4) is 0 Å². The zero-order chi connectivity index (χ0) is 14.8. The number of hydrogen-bond donors (Lipinski definition) is 0. The minimum absolute atomic E-state index is 0. The number of aryl methyl sites for hydroxylation is 2. The molecule has 0 amide bonds. The number of fused-ring (bicyclic) bond motifs is 6. The Bertz CT molecular complexity index is 1100. The number of rotatable bonds is 0. The Morgan fingerprint density at radius 2 is 0.875 bits per heavy atom. The van der Waals surface area contributed by atoms with Crippen molar-refractivity contribution < 1.29 is 116 Å². The molecule has 4 heteroatoms. The summed E-state index contributed by atoms with van der Waals surface area (Å²) in [6.07, 6.45) is 0. The first-order chi connectivity index (χ1) is 10.7. The van der Waals surface area contributed by atoms with E-state index in [0.29, 0.717) is 0 Å². The van der Waals surface area contributed by atoms with Gasteiger partial charge < -0.3 is 9.97 Å². The first kappa shape index (κ1) is 19.6. The zero-order valence-electron chi connectivity index (χ0n) is 14.5. The maximum absolute atomic E-state index is 4.80. The molecule has 0 N–H and O–H groups in total. The van der Waals surface area contributed by atoms with E-state index in [0.717, 1.165) is 22.1 Å². The molecule has 0 spiro atoms. The van der Waals surface area contributed by atoms with Crippen molar-refractivity contribution in [2.75, 3.05) is 0 Å². The minimum Gasteiger partial charge on any atom is -0.657 e. The predicted octanol–water partition coefficient (Wildman–Crippen LogP) is -1.16. The molecule has 0 bridgehead atoms. The Hall–Kier alpha value is 0.870. The molecule has 0 aliphatic heterocycles. The van der Waals surface area contributed by atoms with Gasteiger partial charge >= 0.3 is 116 Å². The van der Waals surface area contributed by atoms with Crippen molar-refractivity contribution in [1.82, 2.24) is 9.97 Å². The van der Waals surface area contributed by atoms with Crippen LogP contribution in [0.15, 0.2) is 48.5 Å². The molecule has 5 rings (SSSR count). The van der Waals surface area contributed by atoms with Gasteiger partial charge in [-0.1, -0.05) is 59.7 Å². The van der Waals surface area contributed by atoms with E-state index in [1.54, 1.807) is 0 Å². The molecule has 0 unspecified atom stereocenters. The molecule has 2 nitrogen and oxygen atoms in total. The quantitative estimate of drug-likeness (QED) is 0.296. The summed E-state index contributed by atoms with van der Waals surface area (Å²) in [5, 5.41) is 4.82. The van der Waals surface area contributed by atoms with E-state index in [1.807, 2.05) is 0 Å². The van der Waals surface area contributed by atoms with Crippen molar-refractivity contribution in [3.63, 3.8) is 0 Å². The van der Waals surface area contributed by atoms with Gasteiger partial charge in [-0.2, -0.15) is 0 Å². The fourth-order valence-corrected chi connectivity index (χ4v) is 3.38. The van der Waals surface area contributed by atoms with Crippen LogP contribution < -0.4 is 126 Å². The summed E-state index contributed by atoms with van der Waals surface area (Å²) in [6, 6.07) is 17.3. The van der Waals surface area contributed by atoms with Crippen LogP contribution >= 0.6 is 0 Å². The second kappa shape index (κ2) is 7.47. The van der Waals surface area contributed by atoms with Gasteiger partial charge in [0.15, 0.2) is 0 Å². The summed E-state index contributed by atoms with van der Waals surface area (Å²) in [4.78, 5) is 9.60. The van der Waals surface area contributed by atoms with Crippen molar-refractivity contribution in [3.05, 3.63) is 59.7 Å². The second-order valence-corrected chi connectivity index (χ2v) is 6.15. The van der Waals surface area contributed by atoms with Crippen molar-refractivity contribution >= 4 is 43.6 Å². The van der Waals surface area contributed by atoms with E-state index in [9.17, 15) is 0 Å². The van der Waals surface area contributed by atoms with E-state index in [2.05, 4.69) is 62.4 Å². The smallest absolute Gasteiger partial charge is 0.657 e. The third-order valence-electron chi connectivity index (χ3n) is 4.48. The van der Waals surface area contributed by atoms with E-state index >= 15 is 0 Å². The van der Waals surface area contributed by atoms with E-state index < -0.39 is 0 Å². The van der Waals surface area contributed by atoms with Gasteiger partial charge in [-0.25, -0.2) is 0 Å². The molecule has 0 aliphatic rings.